The van der Waals surface area contributed by atoms with Gasteiger partial charge in [0.1, 0.15) is 0 Å². The number of nitro benzene ring substituents is 1. The van der Waals surface area contributed by atoms with Crippen molar-refractivity contribution in [3.05, 3.63) is 87.1 Å². The number of nitrogens with one attached hydrogen (secondary N) is 1. The standard InChI is InChI=1S/C27H31N3O6/c1-17-22(24(31)32)27(20-12-13-28-15-20,19-10-7-11-21(14-19)30(35)36)23(25(33)34)26(2,3)29(17)16-18-8-5-4-6-9-18/h4-11,14,20,23,28H,12-13,15-16H2,1-3H3,(H,31,32)(H,33,34)/t20?,23-,27-/m1/s1. The molecule has 9 nitrogen and oxygen atoms in total. The third kappa shape index (κ3) is 3.93. The fourth-order valence-corrected chi connectivity index (χ4v) is 6.55. The molecule has 0 spiro atoms. The summed E-state index contributed by atoms with van der Waals surface area (Å²) in [6.45, 7) is 6.71. The van der Waals surface area contributed by atoms with Crippen molar-refractivity contribution in [2.24, 2.45) is 11.8 Å². The molecule has 2 heterocycles. The van der Waals surface area contributed by atoms with Crippen LogP contribution in [0.15, 0.2) is 65.9 Å². The average Bonchev–Trinajstić information content (AvgIpc) is 3.36. The van der Waals surface area contributed by atoms with Crippen LogP contribution in [0.25, 0.3) is 0 Å². The van der Waals surface area contributed by atoms with Gasteiger partial charge in [0, 0.05) is 35.3 Å². The van der Waals surface area contributed by atoms with Crippen LogP contribution in [0, 0.1) is 22.0 Å². The first-order chi connectivity index (χ1) is 17.0. The number of hydrogen-bond donors (Lipinski definition) is 3. The van der Waals surface area contributed by atoms with E-state index in [-0.39, 0.29) is 17.2 Å². The number of nitro groups is 1. The summed E-state index contributed by atoms with van der Waals surface area (Å²) in [6.07, 6.45) is 0.547. The van der Waals surface area contributed by atoms with Crippen molar-refractivity contribution in [3.63, 3.8) is 0 Å². The van der Waals surface area contributed by atoms with Crippen LogP contribution in [0.4, 0.5) is 5.69 Å². The fourth-order valence-electron chi connectivity index (χ4n) is 6.55. The van der Waals surface area contributed by atoms with E-state index in [1.807, 2.05) is 49.1 Å². The van der Waals surface area contributed by atoms with Crippen molar-refractivity contribution in [3.8, 4) is 0 Å². The Morgan fingerprint density at radius 2 is 1.83 bits per heavy atom. The minimum absolute atomic E-state index is 0.0145. The zero-order valence-corrected chi connectivity index (χ0v) is 20.6. The van der Waals surface area contributed by atoms with Gasteiger partial charge in [-0.3, -0.25) is 14.9 Å². The first-order valence-electron chi connectivity index (χ1n) is 12.0. The van der Waals surface area contributed by atoms with Crippen molar-refractivity contribution in [1.82, 2.24) is 10.2 Å². The molecule has 0 radical (unpaired) electrons. The molecule has 2 aliphatic rings. The normalized spacial score (nSPS) is 25.6. The molecule has 0 aliphatic carbocycles. The van der Waals surface area contributed by atoms with Gasteiger partial charge in [0.05, 0.1) is 16.4 Å². The Balaban J connectivity index is 2.09. The van der Waals surface area contributed by atoms with E-state index in [9.17, 15) is 29.9 Å². The highest BCUT2D eigenvalue weighted by Crippen LogP contribution is 2.58. The van der Waals surface area contributed by atoms with E-state index in [2.05, 4.69) is 5.32 Å². The number of rotatable bonds is 7. The second-order valence-electron chi connectivity index (χ2n) is 10.1. The third-order valence-electron chi connectivity index (χ3n) is 7.92. The maximum absolute atomic E-state index is 13.2. The predicted octanol–water partition coefficient (Wildman–Crippen LogP) is 3.80. The SMILES string of the molecule is CC1=C(C(=O)O)[C@@](c2cccc([N+](=O)[O-])c2)(C2CCNC2)[C@H](C(=O)O)C(C)(C)N1Cc1ccccc1. The van der Waals surface area contributed by atoms with Crippen molar-refractivity contribution in [2.75, 3.05) is 13.1 Å². The van der Waals surface area contributed by atoms with Crippen molar-refractivity contribution >= 4 is 17.6 Å². The Labute approximate surface area is 209 Å². The Bertz CT molecular complexity index is 1220. The van der Waals surface area contributed by atoms with E-state index >= 15 is 0 Å². The lowest BCUT2D eigenvalue weighted by Gasteiger charge is -2.58. The molecule has 0 bridgehead atoms. The average molecular weight is 494 g/mol. The number of non-ortho nitro benzene ring substituents is 1. The Kier molecular flexibility index (Phi) is 6.62. The van der Waals surface area contributed by atoms with Gasteiger partial charge in [0.25, 0.3) is 5.69 Å². The van der Waals surface area contributed by atoms with E-state index in [1.54, 1.807) is 13.0 Å². The summed E-state index contributed by atoms with van der Waals surface area (Å²) in [7, 11) is 0. The molecular formula is C27H31N3O6. The molecule has 1 saturated heterocycles. The summed E-state index contributed by atoms with van der Waals surface area (Å²) in [4.78, 5) is 39.3. The quantitative estimate of drug-likeness (QED) is 0.392. The molecule has 2 aromatic rings. The Morgan fingerprint density at radius 1 is 1.14 bits per heavy atom. The summed E-state index contributed by atoms with van der Waals surface area (Å²) in [6, 6.07) is 15.3. The molecule has 36 heavy (non-hydrogen) atoms. The van der Waals surface area contributed by atoms with Crippen LogP contribution in [0.3, 0.4) is 0 Å². The van der Waals surface area contributed by atoms with E-state index in [4.69, 9.17) is 0 Å². The van der Waals surface area contributed by atoms with Gasteiger partial charge in [-0.1, -0.05) is 42.5 Å². The lowest BCUT2D eigenvalue weighted by Crippen LogP contribution is -2.66. The van der Waals surface area contributed by atoms with Gasteiger partial charge < -0.3 is 20.4 Å². The number of aliphatic carboxylic acids is 2. The van der Waals surface area contributed by atoms with Crippen LogP contribution in [0.2, 0.25) is 0 Å². The van der Waals surface area contributed by atoms with E-state index in [1.165, 1.54) is 18.2 Å². The third-order valence-corrected chi connectivity index (χ3v) is 7.92. The molecule has 9 heteroatoms. The van der Waals surface area contributed by atoms with E-state index in [0.29, 0.717) is 37.3 Å². The van der Waals surface area contributed by atoms with Gasteiger partial charge in [0.2, 0.25) is 0 Å². The minimum Gasteiger partial charge on any atom is -0.481 e. The molecule has 0 amide bonds. The van der Waals surface area contributed by atoms with Gasteiger partial charge in [-0.25, -0.2) is 4.79 Å². The van der Waals surface area contributed by atoms with Gasteiger partial charge >= 0.3 is 11.9 Å². The Morgan fingerprint density at radius 3 is 2.39 bits per heavy atom. The zero-order valence-electron chi connectivity index (χ0n) is 20.6. The van der Waals surface area contributed by atoms with Crippen LogP contribution >= 0.6 is 0 Å². The number of carbonyl (C=O) groups is 2. The summed E-state index contributed by atoms with van der Waals surface area (Å²) in [5, 5.41) is 36.4. The first kappa shape index (κ1) is 25.4. The number of benzene rings is 2. The molecule has 2 aromatic carbocycles. The summed E-state index contributed by atoms with van der Waals surface area (Å²) >= 11 is 0. The van der Waals surface area contributed by atoms with Gasteiger partial charge in [-0.15, -0.1) is 0 Å². The molecule has 1 fully saturated rings. The molecule has 0 aromatic heterocycles. The van der Waals surface area contributed by atoms with E-state index < -0.39 is 33.7 Å². The second kappa shape index (κ2) is 9.39. The molecule has 4 rings (SSSR count). The maximum Gasteiger partial charge on any atom is 0.334 e. The van der Waals surface area contributed by atoms with Crippen LogP contribution in [0.5, 0.6) is 0 Å². The monoisotopic (exact) mass is 493 g/mol. The topological polar surface area (TPSA) is 133 Å². The molecule has 3 atom stereocenters. The summed E-state index contributed by atoms with van der Waals surface area (Å²) in [5.74, 6) is -3.94. The smallest absolute Gasteiger partial charge is 0.334 e. The predicted molar refractivity (Wildman–Crippen MR) is 133 cm³/mol. The molecule has 0 saturated carbocycles. The van der Waals surface area contributed by atoms with Crippen molar-refractivity contribution < 1.29 is 24.7 Å². The zero-order chi connectivity index (χ0) is 26.3. The number of nitrogens with zero attached hydrogens (tertiary/aromatic N) is 2. The fraction of sp³-hybridized carbons (Fsp3) is 0.407. The lowest BCUT2D eigenvalue weighted by atomic mass is 9.51. The van der Waals surface area contributed by atoms with Gasteiger partial charge in [-0.05, 0) is 57.3 Å². The molecular weight excluding hydrogens is 462 g/mol. The van der Waals surface area contributed by atoms with E-state index in [0.717, 1.165) is 5.56 Å². The first-order valence-corrected chi connectivity index (χ1v) is 12.0. The highest BCUT2D eigenvalue weighted by Gasteiger charge is 2.64. The van der Waals surface area contributed by atoms with Crippen LogP contribution in [-0.2, 0) is 21.5 Å². The number of allylic oxidation sites excluding steroid dienone is 1. The molecule has 3 N–H and O–H groups in total. The highest BCUT2D eigenvalue weighted by atomic mass is 16.6. The van der Waals surface area contributed by atoms with Crippen LogP contribution in [-0.4, -0.2) is 50.6 Å². The number of carboxylic acid groups (broad SMARTS) is 2. The van der Waals surface area contributed by atoms with Crippen molar-refractivity contribution in [2.45, 2.75) is 44.7 Å². The maximum atomic E-state index is 13.2. The number of hydrogen-bond acceptors (Lipinski definition) is 6. The van der Waals surface area contributed by atoms with Gasteiger partial charge in [0.15, 0.2) is 0 Å². The number of carboxylic acids is 2. The van der Waals surface area contributed by atoms with Gasteiger partial charge in [-0.2, -0.15) is 0 Å². The Hall–Kier alpha value is -3.72. The highest BCUT2D eigenvalue weighted by molar-refractivity contribution is 5.94. The minimum atomic E-state index is -1.49. The van der Waals surface area contributed by atoms with Crippen molar-refractivity contribution in [1.29, 1.82) is 0 Å². The summed E-state index contributed by atoms with van der Waals surface area (Å²) in [5.41, 5.74) is -1.00. The second-order valence-corrected chi connectivity index (χ2v) is 10.1. The lowest BCUT2D eigenvalue weighted by molar-refractivity contribution is -0.385. The molecule has 190 valence electrons. The molecule has 2 aliphatic heterocycles. The summed E-state index contributed by atoms with van der Waals surface area (Å²) < 4.78 is 0. The van der Waals surface area contributed by atoms with Crippen LogP contribution in [0.1, 0.15) is 38.3 Å². The van der Waals surface area contributed by atoms with Crippen LogP contribution < -0.4 is 5.32 Å². The largest absolute Gasteiger partial charge is 0.481 e. The molecule has 1 unspecified atom stereocenters.